The smallest absolute Gasteiger partial charge is 0.0644 e. The number of likely N-dealkylation sites (N-methyl/N-ethyl adjacent to an activating group) is 1. The first-order valence-corrected chi connectivity index (χ1v) is 7.53. The summed E-state index contributed by atoms with van der Waals surface area (Å²) in [7, 11) is 2.27. The van der Waals surface area contributed by atoms with Crippen molar-refractivity contribution in [3.05, 3.63) is 0 Å². The largest absolute Gasteiger partial charge is 0.375 e. The van der Waals surface area contributed by atoms with E-state index in [4.69, 9.17) is 10.5 Å². The predicted molar refractivity (Wildman–Crippen MR) is 75.6 cm³/mol. The molecular weight excluding hydrogens is 224 g/mol. The van der Waals surface area contributed by atoms with Gasteiger partial charge in [-0.05, 0) is 52.5 Å². The van der Waals surface area contributed by atoms with Crippen molar-refractivity contribution < 1.29 is 4.74 Å². The number of nitrogens with two attached hydrogens (primary N) is 1. The Morgan fingerprint density at radius 2 is 1.94 bits per heavy atom. The van der Waals surface area contributed by atoms with Crippen molar-refractivity contribution >= 4 is 0 Å². The Hall–Kier alpha value is -0.120. The molecule has 1 aliphatic carbocycles. The second-order valence-corrected chi connectivity index (χ2v) is 6.99. The highest BCUT2D eigenvalue weighted by molar-refractivity contribution is 4.99. The van der Waals surface area contributed by atoms with Gasteiger partial charge < -0.3 is 10.5 Å². The van der Waals surface area contributed by atoms with E-state index < -0.39 is 0 Å². The van der Waals surface area contributed by atoms with Gasteiger partial charge in [0.25, 0.3) is 0 Å². The second-order valence-electron chi connectivity index (χ2n) is 6.99. The lowest BCUT2D eigenvalue weighted by Crippen LogP contribution is -2.60. The molecule has 1 aliphatic heterocycles. The summed E-state index contributed by atoms with van der Waals surface area (Å²) in [6.45, 7) is 7.20. The van der Waals surface area contributed by atoms with Crippen molar-refractivity contribution in [3.8, 4) is 0 Å². The number of rotatable bonds is 4. The fraction of sp³-hybridized carbons (Fsp3) is 1.00. The number of nitrogens with zero attached hydrogens (tertiary/aromatic N) is 1. The SMILES string of the molecule is CN(CC1CCCC1)C1(CN)CCOC(C)(C)C1. The maximum atomic E-state index is 6.14. The monoisotopic (exact) mass is 254 g/mol. The van der Waals surface area contributed by atoms with Gasteiger partial charge in [-0.2, -0.15) is 0 Å². The lowest BCUT2D eigenvalue weighted by Gasteiger charge is -2.50. The molecule has 1 saturated carbocycles. The third kappa shape index (κ3) is 3.06. The summed E-state index contributed by atoms with van der Waals surface area (Å²) in [5, 5.41) is 0. The molecule has 0 bridgehead atoms. The van der Waals surface area contributed by atoms with Crippen molar-refractivity contribution in [2.45, 2.75) is 63.5 Å². The maximum absolute atomic E-state index is 6.14. The molecule has 2 fully saturated rings. The molecule has 0 aromatic heterocycles. The molecule has 1 unspecified atom stereocenters. The first-order chi connectivity index (χ1) is 8.47. The Kier molecular flexibility index (Phi) is 4.35. The van der Waals surface area contributed by atoms with E-state index in [9.17, 15) is 0 Å². The number of hydrogen-bond acceptors (Lipinski definition) is 3. The topological polar surface area (TPSA) is 38.5 Å². The van der Waals surface area contributed by atoms with Crippen molar-refractivity contribution in [2.24, 2.45) is 11.7 Å². The molecule has 0 aromatic carbocycles. The van der Waals surface area contributed by atoms with Gasteiger partial charge in [0, 0.05) is 25.2 Å². The minimum atomic E-state index is -0.0262. The zero-order valence-corrected chi connectivity index (χ0v) is 12.4. The molecule has 18 heavy (non-hydrogen) atoms. The zero-order chi connectivity index (χ0) is 13.2. The van der Waals surface area contributed by atoms with Crippen LogP contribution in [0, 0.1) is 5.92 Å². The van der Waals surface area contributed by atoms with Gasteiger partial charge in [0.1, 0.15) is 0 Å². The van der Waals surface area contributed by atoms with Crippen LogP contribution in [0.15, 0.2) is 0 Å². The van der Waals surface area contributed by atoms with Crippen LogP contribution in [0.2, 0.25) is 0 Å². The Labute approximate surface area is 112 Å². The van der Waals surface area contributed by atoms with Crippen molar-refractivity contribution in [2.75, 3.05) is 26.7 Å². The van der Waals surface area contributed by atoms with Gasteiger partial charge >= 0.3 is 0 Å². The van der Waals surface area contributed by atoms with Gasteiger partial charge in [0.05, 0.1) is 5.60 Å². The summed E-state index contributed by atoms with van der Waals surface area (Å²) in [4.78, 5) is 2.55. The van der Waals surface area contributed by atoms with Gasteiger partial charge in [-0.3, -0.25) is 4.90 Å². The summed E-state index contributed by atoms with van der Waals surface area (Å²) in [5.41, 5.74) is 6.27. The van der Waals surface area contributed by atoms with Crippen LogP contribution in [0.25, 0.3) is 0 Å². The van der Waals surface area contributed by atoms with E-state index in [2.05, 4.69) is 25.8 Å². The molecule has 3 heteroatoms. The fourth-order valence-electron chi connectivity index (χ4n) is 3.88. The third-order valence-electron chi connectivity index (χ3n) is 5.01. The molecule has 0 radical (unpaired) electrons. The molecule has 1 atom stereocenters. The molecule has 1 heterocycles. The first kappa shape index (κ1) is 14.3. The van der Waals surface area contributed by atoms with Crippen LogP contribution in [0.5, 0.6) is 0 Å². The van der Waals surface area contributed by atoms with Gasteiger partial charge in [0.15, 0.2) is 0 Å². The Balaban J connectivity index is 2.01. The number of hydrogen-bond donors (Lipinski definition) is 1. The molecular formula is C15H30N2O. The van der Waals surface area contributed by atoms with Gasteiger partial charge in [0.2, 0.25) is 0 Å². The standard InChI is InChI=1S/C15H30N2O/c1-14(2)11-15(12-16,8-9-18-14)17(3)10-13-6-4-5-7-13/h13H,4-12,16H2,1-3H3. The van der Waals surface area contributed by atoms with Crippen LogP contribution in [-0.2, 0) is 4.74 Å². The van der Waals surface area contributed by atoms with Crippen LogP contribution in [0.1, 0.15) is 52.4 Å². The summed E-state index contributed by atoms with van der Waals surface area (Å²) in [6, 6.07) is 0. The molecule has 3 nitrogen and oxygen atoms in total. The van der Waals surface area contributed by atoms with E-state index in [1.54, 1.807) is 0 Å². The van der Waals surface area contributed by atoms with Gasteiger partial charge in [-0.25, -0.2) is 0 Å². The number of ether oxygens (including phenoxy) is 1. The Bertz CT molecular complexity index is 274. The average Bonchev–Trinajstić information content (AvgIpc) is 2.80. The van der Waals surface area contributed by atoms with Crippen LogP contribution in [-0.4, -0.2) is 42.8 Å². The van der Waals surface area contributed by atoms with E-state index in [-0.39, 0.29) is 11.1 Å². The summed E-state index contributed by atoms with van der Waals surface area (Å²) in [6.07, 6.45) is 7.79. The fourth-order valence-corrected chi connectivity index (χ4v) is 3.88. The second kappa shape index (κ2) is 5.48. The van der Waals surface area contributed by atoms with E-state index in [0.29, 0.717) is 0 Å². The predicted octanol–water partition coefficient (Wildman–Crippen LogP) is 2.39. The van der Waals surface area contributed by atoms with Crippen LogP contribution in [0.3, 0.4) is 0 Å². The Morgan fingerprint density at radius 3 is 2.50 bits per heavy atom. The summed E-state index contributed by atoms with van der Waals surface area (Å²) >= 11 is 0. The minimum absolute atomic E-state index is 0.0262. The van der Waals surface area contributed by atoms with E-state index in [1.807, 2.05) is 0 Å². The third-order valence-corrected chi connectivity index (χ3v) is 5.01. The van der Waals surface area contributed by atoms with Crippen LogP contribution >= 0.6 is 0 Å². The molecule has 1 saturated heterocycles. The molecule has 106 valence electrons. The quantitative estimate of drug-likeness (QED) is 0.837. The van der Waals surface area contributed by atoms with E-state index >= 15 is 0 Å². The van der Waals surface area contributed by atoms with E-state index in [1.165, 1.54) is 32.2 Å². The van der Waals surface area contributed by atoms with Crippen molar-refractivity contribution in [1.29, 1.82) is 0 Å². The first-order valence-electron chi connectivity index (χ1n) is 7.53. The molecule has 2 rings (SSSR count). The molecule has 2 aliphatic rings. The Morgan fingerprint density at radius 1 is 1.28 bits per heavy atom. The highest BCUT2D eigenvalue weighted by Gasteiger charge is 2.43. The van der Waals surface area contributed by atoms with Crippen molar-refractivity contribution in [3.63, 3.8) is 0 Å². The zero-order valence-electron chi connectivity index (χ0n) is 12.4. The van der Waals surface area contributed by atoms with Gasteiger partial charge in [-0.1, -0.05) is 12.8 Å². The summed E-state index contributed by atoms with van der Waals surface area (Å²) < 4.78 is 5.86. The molecule has 0 spiro atoms. The highest BCUT2D eigenvalue weighted by Crippen LogP contribution is 2.36. The maximum Gasteiger partial charge on any atom is 0.0644 e. The molecule has 0 amide bonds. The molecule has 2 N–H and O–H groups in total. The van der Waals surface area contributed by atoms with Gasteiger partial charge in [-0.15, -0.1) is 0 Å². The molecule has 0 aromatic rings. The minimum Gasteiger partial charge on any atom is -0.375 e. The van der Waals surface area contributed by atoms with E-state index in [0.717, 1.165) is 31.9 Å². The lowest BCUT2D eigenvalue weighted by atomic mass is 9.79. The van der Waals surface area contributed by atoms with Crippen LogP contribution in [0.4, 0.5) is 0 Å². The summed E-state index contributed by atoms with van der Waals surface area (Å²) in [5.74, 6) is 0.893. The van der Waals surface area contributed by atoms with Crippen molar-refractivity contribution in [1.82, 2.24) is 4.90 Å². The van der Waals surface area contributed by atoms with Crippen LogP contribution < -0.4 is 5.73 Å². The lowest BCUT2D eigenvalue weighted by molar-refractivity contribution is -0.115. The average molecular weight is 254 g/mol. The highest BCUT2D eigenvalue weighted by atomic mass is 16.5. The normalized spacial score (nSPS) is 33.2.